The van der Waals surface area contributed by atoms with Gasteiger partial charge in [-0.15, -0.1) is 11.3 Å². The van der Waals surface area contributed by atoms with Crippen LogP contribution in [0.15, 0.2) is 40.8 Å². The lowest BCUT2D eigenvalue weighted by Crippen LogP contribution is -2.32. The molecule has 6 nitrogen and oxygen atoms in total. The van der Waals surface area contributed by atoms with E-state index in [1.165, 1.54) is 23.7 Å². The molecule has 1 amide bonds. The maximum absolute atomic E-state index is 13.2. The second-order valence-electron chi connectivity index (χ2n) is 7.14. The van der Waals surface area contributed by atoms with Crippen LogP contribution in [0.5, 0.6) is 0 Å². The summed E-state index contributed by atoms with van der Waals surface area (Å²) in [6.45, 7) is 1.09. The molecule has 3 heterocycles. The van der Waals surface area contributed by atoms with E-state index < -0.39 is 17.6 Å². The highest BCUT2D eigenvalue weighted by atomic mass is 32.1. The molecule has 2 aromatic heterocycles. The minimum atomic E-state index is -4.52. The van der Waals surface area contributed by atoms with Gasteiger partial charge in [0.05, 0.1) is 28.7 Å². The summed E-state index contributed by atoms with van der Waals surface area (Å²) in [5, 5.41) is 4.71. The molecule has 1 aliphatic heterocycles. The Labute approximate surface area is 174 Å². The third-order valence-corrected chi connectivity index (χ3v) is 5.88. The molecule has 30 heavy (non-hydrogen) atoms. The number of benzene rings is 1. The number of halogens is 3. The van der Waals surface area contributed by atoms with Gasteiger partial charge in [-0.3, -0.25) is 14.2 Å². The highest BCUT2D eigenvalue weighted by Gasteiger charge is 2.32. The number of anilines is 2. The Morgan fingerprint density at radius 1 is 1.17 bits per heavy atom. The van der Waals surface area contributed by atoms with Crippen molar-refractivity contribution in [3.05, 3.63) is 51.9 Å². The Hall–Kier alpha value is -2.88. The van der Waals surface area contributed by atoms with Gasteiger partial charge in [-0.25, -0.2) is 4.98 Å². The molecule has 158 valence electrons. The predicted molar refractivity (Wildman–Crippen MR) is 110 cm³/mol. The van der Waals surface area contributed by atoms with E-state index in [1.807, 2.05) is 4.90 Å². The zero-order valence-corrected chi connectivity index (χ0v) is 16.7. The monoisotopic (exact) mass is 436 g/mol. The zero-order chi connectivity index (χ0) is 21.3. The molecule has 0 saturated carbocycles. The number of amides is 1. The molecule has 0 spiro atoms. The summed E-state index contributed by atoms with van der Waals surface area (Å²) in [6, 6.07) is 5.00. The van der Waals surface area contributed by atoms with Gasteiger partial charge in [-0.2, -0.15) is 13.2 Å². The highest BCUT2D eigenvalue weighted by molar-refractivity contribution is 7.16. The Balaban J connectivity index is 1.61. The Kier molecular flexibility index (Phi) is 5.50. The van der Waals surface area contributed by atoms with Crippen molar-refractivity contribution < 1.29 is 18.0 Å². The molecule has 0 aliphatic carbocycles. The third kappa shape index (κ3) is 4.18. The number of aromatic nitrogens is 2. The molecule has 0 unspecified atom stereocenters. The predicted octanol–water partition coefficient (Wildman–Crippen LogP) is 4.11. The van der Waals surface area contributed by atoms with E-state index in [2.05, 4.69) is 10.3 Å². The quantitative estimate of drug-likeness (QED) is 0.669. The van der Waals surface area contributed by atoms with E-state index in [4.69, 9.17) is 0 Å². The van der Waals surface area contributed by atoms with Crippen LogP contribution in [-0.2, 0) is 17.5 Å². The van der Waals surface area contributed by atoms with Gasteiger partial charge in [0, 0.05) is 13.1 Å². The molecule has 3 aromatic rings. The van der Waals surface area contributed by atoms with Crippen molar-refractivity contribution in [1.82, 2.24) is 9.55 Å². The third-order valence-electron chi connectivity index (χ3n) is 5.06. The van der Waals surface area contributed by atoms with Gasteiger partial charge in [-0.05, 0) is 48.9 Å². The molecule has 1 fully saturated rings. The van der Waals surface area contributed by atoms with Crippen LogP contribution in [0, 0.1) is 0 Å². The van der Waals surface area contributed by atoms with E-state index in [1.54, 1.807) is 11.4 Å². The van der Waals surface area contributed by atoms with Crippen molar-refractivity contribution in [3.63, 3.8) is 0 Å². The summed E-state index contributed by atoms with van der Waals surface area (Å²) in [7, 11) is 0. The van der Waals surface area contributed by atoms with Crippen molar-refractivity contribution in [3.8, 4) is 0 Å². The van der Waals surface area contributed by atoms with E-state index >= 15 is 0 Å². The van der Waals surface area contributed by atoms with Gasteiger partial charge in [0.25, 0.3) is 5.56 Å². The fourth-order valence-corrected chi connectivity index (χ4v) is 4.30. The van der Waals surface area contributed by atoms with Gasteiger partial charge >= 0.3 is 6.18 Å². The van der Waals surface area contributed by atoms with Gasteiger partial charge in [-0.1, -0.05) is 0 Å². The number of fused-ring (bicyclic) bond motifs is 1. The van der Waals surface area contributed by atoms with Crippen LogP contribution in [0.3, 0.4) is 0 Å². The molecule has 1 aliphatic rings. The normalized spacial score (nSPS) is 14.8. The molecular weight excluding hydrogens is 417 g/mol. The van der Waals surface area contributed by atoms with E-state index in [-0.39, 0.29) is 17.8 Å². The van der Waals surface area contributed by atoms with Crippen LogP contribution >= 0.6 is 11.3 Å². The van der Waals surface area contributed by atoms with Crippen molar-refractivity contribution in [2.24, 2.45) is 0 Å². The maximum Gasteiger partial charge on any atom is 0.416 e. The number of piperidine rings is 1. The molecule has 10 heteroatoms. The number of carbonyl (C=O) groups is 1. The first-order chi connectivity index (χ1) is 14.3. The molecule has 0 bridgehead atoms. The second kappa shape index (κ2) is 8.10. The molecule has 0 radical (unpaired) electrons. The standard InChI is InChI=1S/C20H19F3N4O2S/c21-20(22,23)13-4-5-16(26-7-2-1-3-8-26)15(10-13)25-17(28)11-27-12-24-18-14(19(27)29)6-9-30-18/h4-6,9-10,12H,1-3,7-8,11H2,(H,25,28). The summed E-state index contributed by atoms with van der Waals surface area (Å²) in [5.74, 6) is -0.592. The van der Waals surface area contributed by atoms with Crippen molar-refractivity contribution in [2.45, 2.75) is 32.0 Å². The van der Waals surface area contributed by atoms with E-state index in [9.17, 15) is 22.8 Å². The van der Waals surface area contributed by atoms with Crippen molar-refractivity contribution in [1.29, 1.82) is 0 Å². The Bertz CT molecular complexity index is 1130. The Morgan fingerprint density at radius 3 is 2.67 bits per heavy atom. The van der Waals surface area contributed by atoms with Crippen molar-refractivity contribution >= 4 is 38.8 Å². The number of alkyl halides is 3. The van der Waals surface area contributed by atoms with Crippen LogP contribution in [0.2, 0.25) is 0 Å². The lowest BCUT2D eigenvalue weighted by Gasteiger charge is -2.31. The van der Waals surface area contributed by atoms with Gasteiger partial charge < -0.3 is 10.2 Å². The van der Waals surface area contributed by atoms with Crippen LogP contribution in [0.4, 0.5) is 24.5 Å². The number of nitrogens with zero attached hydrogens (tertiary/aromatic N) is 3. The second-order valence-corrected chi connectivity index (χ2v) is 8.04. The summed E-state index contributed by atoms with van der Waals surface area (Å²) in [4.78, 5) is 31.8. The van der Waals surface area contributed by atoms with Crippen molar-refractivity contribution in [2.75, 3.05) is 23.3 Å². The lowest BCUT2D eigenvalue weighted by atomic mass is 10.1. The smallest absolute Gasteiger partial charge is 0.370 e. The van der Waals surface area contributed by atoms with Gasteiger partial charge in [0.15, 0.2) is 0 Å². The summed E-state index contributed by atoms with van der Waals surface area (Å²) < 4.78 is 40.8. The maximum atomic E-state index is 13.2. The average Bonchev–Trinajstić information content (AvgIpc) is 3.20. The van der Waals surface area contributed by atoms with Gasteiger partial charge in [0.2, 0.25) is 5.91 Å². The minimum absolute atomic E-state index is 0.0920. The molecule has 0 atom stereocenters. The number of rotatable bonds is 4. The minimum Gasteiger partial charge on any atom is -0.370 e. The first-order valence-electron chi connectivity index (χ1n) is 9.51. The number of thiophene rings is 1. The van der Waals surface area contributed by atoms with E-state index in [0.717, 1.165) is 36.0 Å². The van der Waals surface area contributed by atoms with Gasteiger partial charge in [0.1, 0.15) is 11.4 Å². The van der Waals surface area contributed by atoms with Crippen LogP contribution in [0.25, 0.3) is 10.2 Å². The molecule has 1 aromatic carbocycles. The number of nitrogens with one attached hydrogen (secondary N) is 1. The number of hydrogen-bond donors (Lipinski definition) is 1. The average molecular weight is 436 g/mol. The fraction of sp³-hybridized carbons (Fsp3) is 0.350. The number of carbonyl (C=O) groups excluding carboxylic acids is 1. The van der Waals surface area contributed by atoms with Crippen LogP contribution < -0.4 is 15.8 Å². The fourth-order valence-electron chi connectivity index (χ4n) is 3.57. The first kappa shape index (κ1) is 20.4. The molecule has 4 rings (SSSR count). The summed E-state index contributed by atoms with van der Waals surface area (Å²) in [5.41, 5.74) is -0.557. The molecular formula is C20H19F3N4O2S. The largest absolute Gasteiger partial charge is 0.416 e. The molecule has 1 saturated heterocycles. The lowest BCUT2D eigenvalue weighted by molar-refractivity contribution is -0.137. The summed E-state index contributed by atoms with van der Waals surface area (Å²) in [6.07, 6.45) is -0.296. The molecule has 1 N–H and O–H groups in total. The topological polar surface area (TPSA) is 67.2 Å². The SMILES string of the molecule is O=C(Cn1cnc2sccc2c1=O)Nc1cc(C(F)(F)F)ccc1N1CCCCC1. The van der Waals surface area contributed by atoms with E-state index in [0.29, 0.717) is 29.0 Å². The Morgan fingerprint density at radius 2 is 1.93 bits per heavy atom. The first-order valence-corrected chi connectivity index (χ1v) is 10.4. The van der Waals surface area contributed by atoms with Crippen LogP contribution in [-0.4, -0.2) is 28.5 Å². The van der Waals surface area contributed by atoms with Crippen LogP contribution in [0.1, 0.15) is 24.8 Å². The highest BCUT2D eigenvalue weighted by Crippen LogP contribution is 2.36. The summed E-state index contributed by atoms with van der Waals surface area (Å²) >= 11 is 1.32. The number of hydrogen-bond acceptors (Lipinski definition) is 5. The zero-order valence-electron chi connectivity index (χ0n) is 15.9.